The van der Waals surface area contributed by atoms with Crippen LogP contribution < -0.4 is 5.32 Å². The Hall–Kier alpha value is -2.35. The Morgan fingerprint density at radius 3 is 2.10 bits per heavy atom. The van der Waals surface area contributed by atoms with E-state index in [0.717, 1.165) is 16.8 Å². The molecule has 0 aliphatic heterocycles. The third kappa shape index (κ3) is 3.82. The molecule has 2 nitrogen and oxygen atoms in total. The topological polar surface area (TPSA) is 29.1 Å². The predicted octanol–water partition coefficient (Wildman–Crippen LogP) is 4.73. The highest BCUT2D eigenvalue weighted by atomic mass is 16.1. The summed E-state index contributed by atoms with van der Waals surface area (Å²) in [4.78, 5) is 12.1. The zero-order chi connectivity index (χ0) is 15.4. The maximum atomic E-state index is 12.1. The van der Waals surface area contributed by atoms with Crippen molar-refractivity contribution in [3.8, 4) is 0 Å². The normalized spacial score (nSPS) is 10.9. The first-order valence-electron chi connectivity index (χ1n) is 7.09. The van der Waals surface area contributed by atoms with Crippen LogP contribution in [0.1, 0.15) is 32.6 Å². The quantitative estimate of drug-likeness (QED) is 0.647. The molecule has 0 aliphatic carbocycles. The van der Waals surface area contributed by atoms with Gasteiger partial charge >= 0.3 is 0 Å². The third-order valence-electron chi connectivity index (χ3n) is 3.78. The van der Waals surface area contributed by atoms with Crippen LogP contribution in [-0.4, -0.2) is 5.78 Å². The summed E-state index contributed by atoms with van der Waals surface area (Å²) in [6.07, 6.45) is 3.26. The standard InChI is InChI=1S/C19H21NO/c1-13-5-7-17(11-15(13)3)19(21)9-10-20-18-8-6-14(2)16(4)12-18/h5-12,20H,1-4H3. The zero-order valence-electron chi connectivity index (χ0n) is 13.0. The van der Waals surface area contributed by atoms with E-state index >= 15 is 0 Å². The molecule has 0 saturated carbocycles. The number of rotatable bonds is 4. The second kappa shape index (κ2) is 6.40. The summed E-state index contributed by atoms with van der Waals surface area (Å²) in [5.41, 5.74) is 6.53. The summed E-state index contributed by atoms with van der Waals surface area (Å²) in [5, 5.41) is 3.14. The smallest absolute Gasteiger partial charge is 0.187 e. The molecule has 2 aromatic rings. The third-order valence-corrected chi connectivity index (χ3v) is 3.78. The van der Waals surface area contributed by atoms with Crippen molar-refractivity contribution >= 4 is 11.5 Å². The fourth-order valence-electron chi connectivity index (χ4n) is 2.04. The number of hydrogen-bond acceptors (Lipinski definition) is 2. The van der Waals surface area contributed by atoms with Gasteiger partial charge in [-0.2, -0.15) is 0 Å². The van der Waals surface area contributed by atoms with Crippen LogP contribution in [-0.2, 0) is 0 Å². The summed E-state index contributed by atoms with van der Waals surface area (Å²) >= 11 is 0. The highest BCUT2D eigenvalue weighted by Gasteiger charge is 2.03. The van der Waals surface area contributed by atoms with Gasteiger partial charge in [0.1, 0.15) is 0 Å². The summed E-state index contributed by atoms with van der Waals surface area (Å²) in [6.45, 7) is 8.21. The lowest BCUT2D eigenvalue weighted by Crippen LogP contribution is -1.98. The van der Waals surface area contributed by atoms with E-state index in [-0.39, 0.29) is 5.78 Å². The van der Waals surface area contributed by atoms with Crippen molar-refractivity contribution in [2.75, 3.05) is 5.32 Å². The molecule has 0 saturated heterocycles. The van der Waals surface area contributed by atoms with E-state index in [1.807, 2.05) is 38.1 Å². The van der Waals surface area contributed by atoms with Crippen molar-refractivity contribution < 1.29 is 4.79 Å². The summed E-state index contributed by atoms with van der Waals surface area (Å²) in [6, 6.07) is 11.9. The predicted molar refractivity (Wildman–Crippen MR) is 88.9 cm³/mol. The summed E-state index contributed by atoms with van der Waals surface area (Å²) in [5.74, 6) is 0.00873. The van der Waals surface area contributed by atoms with Gasteiger partial charge in [-0.05, 0) is 68.1 Å². The molecule has 2 rings (SSSR count). The Morgan fingerprint density at radius 2 is 1.48 bits per heavy atom. The number of nitrogens with one attached hydrogen (secondary N) is 1. The largest absolute Gasteiger partial charge is 0.362 e. The Labute approximate surface area is 126 Å². The fourth-order valence-corrected chi connectivity index (χ4v) is 2.04. The first-order valence-corrected chi connectivity index (χ1v) is 7.09. The molecule has 0 amide bonds. The number of carbonyl (C=O) groups excluding carboxylic acids is 1. The Morgan fingerprint density at radius 1 is 0.857 bits per heavy atom. The van der Waals surface area contributed by atoms with Crippen molar-refractivity contribution in [2.45, 2.75) is 27.7 Å². The molecule has 0 fully saturated rings. The number of aryl methyl sites for hydroxylation is 4. The molecule has 108 valence electrons. The van der Waals surface area contributed by atoms with Gasteiger partial charge in [0.2, 0.25) is 0 Å². The first kappa shape index (κ1) is 15.0. The molecular formula is C19H21NO. The van der Waals surface area contributed by atoms with Crippen molar-refractivity contribution in [3.63, 3.8) is 0 Å². The minimum atomic E-state index is 0.00873. The maximum absolute atomic E-state index is 12.1. The zero-order valence-corrected chi connectivity index (χ0v) is 13.0. The van der Waals surface area contributed by atoms with E-state index in [4.69, 9.17) is 0 Å². The molecule has 2 aromatic carbocycles. The average molecular weight is 279 g/mol. The van der Waals surface area contributed by atoms with Crippen LogP contribution in [0.4, 0.5) is 5.69 Å². The Kier molecular flexibility index (Phi) is 4.59. The number of hydrogen-bond donors (Lipinski definition) is 1. The number of ketones is 1. The highest BCUT2D eigenvalue weighted by molar-refractivity contribution is 6.04. The van der Waals surface area contributed by atoms with Gasteiger partial charge in [-0.15, -0.1) is 0 Å². The van der Waals surface area contributed by atoms with E-state index in [9.17, 15) is 4.79 Å². The van der Waals surface area contributed by atoms with Gasteiger partial charge in [-0.1, -0.05) is 18.2 Å². The summed E-state index contributed by atoms with van der Waals surface area (Å²) in [7, 11) is 0. The van der Waals surface area contributed by atoms with Crippen LogP contribution in [0.5, 0.6) is 0 Å². The van der Waals surface area contributed by atoms with Crippen molar-refractivity contribution in [3.05, 3.63) is 76.5 Å². The van der Waals surface area contributed by atoms with E-state index in [1.165, 1.54) is 16.7 Å². The van der Waals surface area contributed by atoms with E-state index in [1.54, 1.807) is 12.3 Å². The second-order valence-electron chi connectivity index (χ2n) is 5.44. The molecule has 0 bridgehead atoms. The SMILES string of the molecule is Cc1ccc(NC=CC(=O)c2ccc(C)c(C)c2)cc1C. The molecule has 0 atom stereocenters. The summed E-state index contributed by atoms with van der Waals surface area (Å²) < 4.78 is 0. The monoisotopic (exact) mass is 279 g/mol. The molecule has 0 heterocycles. The molecule has 0 spiro atoms. The minimum Gasteiger partial charge on any atom is -0.362 e. The highest BCUT2D eigenvalue weighted by Crippen LogP contribution is 2.14. The van der Waals surface area contributed by atoms with Crippen LogP contribution in [0.2, 0.25) is 0 Å². The molecule has 0 radical (unpaired) electrons. The number of carbonyl (C=O) groups is 1. The number of allylic oxidation sites excluding steroid dienone is 1. The van der Waals surface area contributed by atoms with Gasteiger partial charge in [0.15, 0.2) is 5.78 Å². The second-order valence-corrected chi connectivity index (χ2v) is 5.44. The average Bonchev–Trinajstić information content (AvgIpc) is 2.45. The van der Waals surface area contributed by atoms with Crippen molar-refractivity contribution in [1.29, 1.82) is 0 Å². The van der Waals surface area contributed by atoms with Gasteiger partial charge in [0.25, 0.3) is 0 Å². The lowest BCUT2D eigenvalue weighted by Gasteiger charge is -2.05. The van der Waals surface area contributed by atoms with Crippen LogP contribution in [0.25, 0.3) is 0 Å². The van der Waals surface area contributed by atoms with Crippen LogP contribution >= 0.6 is 0 Å². The first-order chi connectivity index (χ1) is 9.97. The van der Waals surface area contributed by atoms with Gasteiger partial charge < -0.3 is 5.32 Å². The van der Waals surface area contributed by atoms with E-state index in [0.29, 0.717) is 0 Å². The van der Waals surface area contributed by atoms with Crippen molar-refractivity contribution in [2.24, 2.45) is 0 Å². The van der Waals surface area contributed by atoms with Gasteiger partial charge in [0, 0.05) is 23.5 Å². The Balaban J connectivity index is 2.04. The molecule has 1 N–H and O–H groups in total. The minimum absolute atomic E-state index is 0.00873. The fraction of sp³-hybridized carbons (Fsp3) is 0.211. The van der Waals surface area contributed by atoms with Crippen LogP contribution in [0.3, 0.4) is 0 Å². The van der Waals surface area contributed by atoms with Crippen LogP contribution in [0, 0.1) is 27.7 Å². The maximum Gasteiger partial charge on any atom is 0.187 e. The lowest BCUT2D eigenvalue weighted by atomic mass is 10.0. The lowest BCUT2D eigenvalue weighted by molar-refractivity contribution is 0.104. The number of benzene rings is 2. The number of anilines is 1. The molecule has 0 aliphatic rings. The van der Waals surface area contributed by atoms with Gasteiger partial charge in [0.05, 0.1) is 0 Å². The van der Waals surface area contributed by atoms with Gasteiger partial charge in [-0.25, -0.2) is 0 Å². The van der Waals surface area contributed by atoms with Gasteiger partial charge in [-0.3, -0.25) is 4.79 Å². The molecule has 21 heavy (non-hydrogen) atoms. The van der Waals surface area contributed by atoms with Crippen molar-refractivity contribution in [1.82, 2.24) is 0 Å². The van der Waals surface area contributed by atoms with E-state index in [2.05, 4.69) is 31.3 Å². The molecule has 0 aromatic heterocycles. The molecular weight excluding hydrogens is 258 g/mol. The van der Waals surface area contributed by atoms with E-state index < -0.39 is 0 Å². The molecule has 0 unspecified atom stereocenters. The van der Waals surface area contributed by atoms with Crippen LogP contribution in [0.15, 0.2) is 48.7 Å². The Bertz CT molecular complexity index is 699. The molecule has 2 heteroatoms.